The molecule has 0 N–H and O–H groups in total. The third-order valence-electron chi connectivity index (χ3n) is 2.17. The van der Waals surface area contributed by atoms with Crippen LogP contribution in [-0.2, 0) is 0 Å². The predicted molar refractivity (Wildman–Crippen MR) is 52.9 cm³/mol. The smallest absolute Gasteiger partial charge is 0.141 e. The number of pyridine rings is 1. The molecule has 0 amide bonds. The Bertz CT molecular complexity index is 269. The van der Waals surface area contributed by atoms with E-state index in [-0.39, 0.29) is 0 Å². The van der Waals surface area contributed by atoms with Crippen molar-refractivity contribution in [1.82, 2.24) is 4.98 Å². The van der Waals surface area contributed by atoms with Crippen LogP contribution in [0.5, 0.6) is 0 Å². The molecule has 2 heterocycles. The fourth-order valence-electron chi connectivity index (χ4n) is 1.56. The fraction of sp³-hybridized carbons (Fsp3) is 0.444. The number of nitrogens with zero attached hydrogens (tertiary/aromatic N) is 2. The minimum absolute atomic E-state index is 0.986. The molecule has 0 radical (unpaired) electrons. The van der Waals surface area contributed by atoms with E-state index in [4.69, 9.17) is 0 Å². The molecule has 0 bridgehead atoms. The number of hydrogen-bond acceptors (Lipinski definition) is 3. The number of hydrogen-bond donors (Lipinski definition) is 1. The Kier molecular flexibility index (Phi) is 2.21. The largest absolute Gasteiger partial charge is 0.356 e. The number of rotatable bonds is 1. The first kappa shape index (κ1) is 7.92. The lowest BCUT2D eigenvalue weighted by atomic mass is 10.4. The summed E-state index contributed by atoms with van der Waals surface area (Å²) < 4.78 is 0. The lowest BCUT2D eigenvalue weighted by Gasteiger charge is -2.17. The van der Waals surface area contributed by atoms with Crippen LogP contribution in [0.25, 0.3) is 0 Å². The molecule has 64 valence electrons. The van der Waals surface area contributed by atoms with Crippen molar-refractivity contribution in [2.75, 3.05) is 18.0 Å². The van der Waals surface area contributed by atoms with Crippen LogP contribution in [0.1, 0.15) is 12.8 Å². The summed E-state index contributed by atoms with van der Waals surface area (Å²) in [6.45, 7) is 2.26. The molecule has 1 aliphatic rings. The highest BCUT2D eigenvalue weighted by Gasteiger charge is 2.14. The molecular formula is C9H12N2S. The summed E-state index contributed by atoms with van der Waals surface area (Å²) in [6.07, 6.45) is 4.39. The van der Waals surface area contributed by atoms with E-state index in [2.05, 4.69) is 22.5 Å². The van der Waals surface area contributed by atoms with Gasteiger partial charge in [0.2, 0.25) is 0 Å². The molecule has 0 unspecified atom stereocenters. The summed E-state index contributed by atoms with van der Waals surface area (Å²) >= 11 is 4.37. The molecule has 12 heavy (non-hydrogen) atoms. The summed E-state index contributed by atoms with van der Waals surface area (Å²) in [4.78, 5) is 7.59. The van der Waals surface area contributed by atoms with Crippen molar-refractivity contribution in [1.29, 1.82) is 0 Å². The van der Waals surface area contributed by atoms with Gasteiger partial charge >= 0.3 is 0 Å². The zero-order valence-electron chi connectivity index (χ0n) is 6.90. The van der Waals surface area contributed by atoms with Crippen molar-refractivity contribution in [2.45, 2.75) is 17.7 Å². The second kappa shape index (κ2) is 3.35. The van der Waals surface area contributed by atoms with Crippen LogP contribution in [-0.4, -0.2) is 18.1 Å². The molecule has 1 fully saturated rings. The molecule has 0 aliphatic carbocycles. The van der Waals surface area contributed by atoms with Crippen LogP contribution in [0.4, 0.5) is 5.82 Å². The summed E-state index contributed by atoms with van der Waals surface area (Å²) in [5.74, 6) is 1.04. The summed E-state index contributed by atoms with van der Waals surface area (Å²) in [5, 5.41) is 0. The van der Waals surface area contributed by atoms with Crippen LogP contribution < -0.4 is 4.90 Å². The molecular weight excluding hydrogens is 168 g/mol. The van der Waals surface area contributed by atoms with Gasteiger partial charge in [-0.2, -0.15) is 0 Å². The molecule has 1 aromatic rings. The highest BCUT2D eigenvalue weighted by atomic mass is 32.1. The Hall–Kier alpha value is -0.700. The molecule has 1 aromatic heterocycles. The standard InChI is InChI=1S/C9H12N2S/c12-8-4-3-5-10-9(8)11-6-1-2-7-11/h3-5,12H,1-2,6-7H2. The maximum Gasteiger partial charge on any atom is 0.141 e. The number of thiol groups is 1. The van der Waals surface area contributed by atoms with Crippen molar-refractivity contribution in [3.8, 4) is 0 Å². The van der Waals surface area contributed by atoms with E-state index in [1.54, 1.807) is 0 Å². The first-order chi connectivity index (χ1) is 5.88. The van der Waals surface area contributed by atoms with Crippen LogP contribution >= 0.6 is 12.6 Å². The van der Waals surface area contributed by atoms with E-state index in [0.717, 1.165) is 23.8 Å². The van der Waals surface area contributed by atoms with Gasteiger partial charge in [-0.25, -0.2) is 4.98 Å². The van der Waals surface area contributed by atoms with Crippen molar-refractivity contribution >= 4 is 18.4 Å². The van der Waals surface area contributed by atoms with E-state index in [0.29, 0.717) is 0 Å². The molecule has 1 aliphatic heterocycles. The van der Waals surface area contributed by atoms with E-state index >= 15 is 0 Å². The molecule has 0 atom stereocenters. The zero-order chi connectivity index (χ0) is 8.39. The van der Waals surface area contributed by atoms with Crippen molar-refractivity contribution < 1.29 is 0 Å². The normalized spacial score (nSPS) is 16.9. The van der Waals surface area contributed by atoms with Crippen LogP contribution in [0.2, 0.25) is 0 Å². The lowest BCUT2D eigenvalue weighted by molar-refractivity contribution is 0.917. The first-order valence-corrected chi connectivity index (χ1v) is 4.71. The molecule has 1 saturated heterocycles. The molecule has 2 nitrogen and oxygen atoms in total. The van der Waals surface area contributed by atoms with Crippen molar-refractivity contribution in [3.05, 3.63) is 18.3 Å². The van der Waals surface area contributed by atoms with Crippen LogP contribution in [0.15, 0.2) is 23.2 Å². The fourth-order valence-corrected chi connectivity index (χ4v) is 1.85. The highest BCUT2D eigenvalue weighted by molar-refractivity contribution is 7.80. The van der Waals surface area contributed by atoms with Crippen molar-refractivity contribution in [2.24, 2.45) is 0 Å². The molecule has 0 aromatic carbocycles. The molecule has 2 rings (SSSR count). The average molecular weight is 180 g/mol. The summed E-state index contributed by atoms with van der Waals surface area (Å²) in [6, 6.07) is 3.91. The van der Waals surface area contributed by atoms with Crippen LogP contribution in [0.3, 0.4) is 0 Å². The quantitative estimate of drug-likeness (QED) is 0.665. The number of aromatic nitrogens is 1. The monoisotopic (exact) mass is 180 g/mol. The topological polar surface area (TPSA) is 16.1 Å². The Labute approximate surface area is 78.0 Å². The van der Waals surface area contributed by atoms with Gasteiger partial charge < -0.3 is 4.90 Å². The molecule has 0 spiro atoms. The lowest BCUT2D eigenvalue weighted by Crippen LogP contribution is -2.19. The molecule has 0 saturated carbocycles. The third-order valence-corrected chi connectivity index (χ3v) is 2.52. The second-order valence-corrected chi connectivity index (χ2v) is 3.52. The van der Waals surface area contributed by atoms with E-state index < -0.39 is 0 Å². The van der Waals surface area contributed by atoms with Gasteiger partial charge in [-0.15, -0.1) is 12.6 Å². The van der Waals surface area contributed by atoms with Gasteiger partial charge in [0.1, 0.15) is 5.82 Å². The molecule has 3 heteroatoms. The van der Waals surface area contributed by atoms with Crippen LogP contribution in [0, 0.1) is 0 Å². The second-order valence-electron chi connectivity index (χ2n) is 3.04. The van der Waals surface area contributed by atoms with E-state index in [1.165, 1.54) is 12.8 Å². The van der Waals surface area contributed by atoms with Gasteiger partial charge in [0, 0.05) is 24.2 Å². The van der Waals surface area contributed by atoms with E-state index in [9.17, 15) is 0 Å². The summed E-state index contributed by atoms with van der Waals surface area (Å²) in [5.41, 5.74) is 0. The maximum atomic E-state index is 4.37. The third kappa shape index (κ3) is 1.41. The number of anilines is 1. The Morgan fingerprint density at radius 3 is 2.75 bits per heavy atom. The predicted octanol–water partition coefficient (Wildman–Crippen LogP) is 1.97. The Morgan fingerprint density at radius 2 is 2.08 bits per heavy atom. The van der Waals surface area contributed by atoms with Gasteiger partial charge in [0.05, 0.1) is 0 Å². The van der Waals surface area contributed by atoms with E-state index in [1.807, 2.05) is 18.3 Å². The Morgan fingerprint density at radius 1 is 1.33 bits per heavy atom. The Balaban J connectivity index is 2.26. The highest BCUT2D eigenvalue weighted by Crippen LogP contribution is 2.23. The van der Waals surface area contributed by atoms with Gasteiger partial charge in [0.15, 0.2) is 0 Å². The van der Waals surface area contributed by atoms with Gasteiger partial charge in [-0.05, 0) is 25.0 Å². The van der Waals surface area contributed by atoms with Gasteiger partial charge in [-0.3, -0.25) is 0 Å². The van der Waals surface area contributed by atoms with Crippen molar-refractivity contribution in [3.63, 3.8) is 0 Å². The minimum Gasteiger partial charge on any atom is -0.356 e. The average Bonchev–Trinajstić information content (AvgIpc) is 2.57. The van der Waals surface area contributed by atoms with Gasteiger partial charge in [-0.1, -0.05) is 0 Å². The van der Waals surface area contributed by atoms with Gasteiger partial charge in [0.25, 0.3) is 0 Å². The maximum absolute atomic E-state index is 4.37. The SMILES string of the molecule is Sc1cccnc1N1CCCC1. The first-order valence-electron chi connectivity index (χ1n) is 4.27. The zero-order valence-corrected chi connectivity index (χ0v) is 7.80. The summed E-state index contributed by atoms with van der Waals surface area (Å²) in [7, 11) is 0. The minimum atomic E-state index is 0.986.